The molecule has 2 aromatic heterocycles. The second-order valence-electron chi connectivity index (χ2n) is 9.15. The van der Waals surface area contributed by atoms with Crippen LogP contribution in [0.25, 0.3) is 10.9 Å². The van der Waals surface area contributed by atoms with Crippen LogP contribution in [0.1, 0.15) is 33.2 Å². The van der Waals surface area contributed by atoms with Gasteiger partial charge in [-0.15, -0.1) is 0 Å². The number of hydrogen-bond acceptors (Lipinski definition) is 7. The van der Waals surface area contributed by atoms with Crippen molar-refractivity contribution in [2.75, 3.05) is 24.7 Å². The van der Waals surface area contributed by atoms with E-state index >= 15 is 0 Å². The van der Waals surface area contributed by atoms with E-state index in [1.54, 1.807) is 50.6 Å². The van der Waals surface area contributed by atoms with Crippen LogP contribution in [0, 0.1) is 17.1 Å². The number of H-pyrrole nitrogens is 1. The molecule has 1 amide bonds. The van der Waals surface area contributed by atoms with E-state index < -0.39 is 11.9 Å². The summed E-state index contributed by atoms with van der Waals surface area (Å²) in [6, 6.07) is 14.8. The number of aromatic nitrogens is 4. The van der Waals surface area contributed by atoms with Crippen molar-refractivity contribution in [2.45, 2.75) is 6.04 Å². The summed E-state index contributed by atoms with van der Waals surface area (Å²) in [4.78, 5) is 18.7. The molecule has 0 saturated carbocycles. The van der Waals surface area contributed by atoms with Gasteiger partial charge in [-0.2, -0.15) is 20.7 Å². The van der Waals surface area contributed by atoms with Gasteiger partial charge in [-0.25, -0.2) is 4.39 Å². The van der Waals surface area contributed by atoms with Gasteiger partial charge in [0.05, 0.1) is 50.4 Å². The lowest BCUT2D eigenvalue weighted by Crippen LogP contribution is -2.22. The molecule has 5 rings (SSSR count). The highest BCUT2D eigenvalue weighted by Crippen LogP contribution is 2.39. The number of pyridine rings is 1. The molecule has 1 atom stereocenters. The third kappa shape index (κ3) is 5.60. The number of nitrogens with zero attached hydrogens (tertiary/aromatic N) is 5. The molecule has 0 aliphatic rings. The van der Waals surface area contributed by atoms with E-state index in [0.29, 0.717) is 32.9 Å². The van der Waals surface area contributed by atoms with Crippen LogP contribution in [-0.2, 0) is 0 Å². The van der Waals surface area contributed by atoms with Crippen LogP contribution in [-0.4, -0.2) is 45.3 Å². The molecule has 0 unspecified atom stereocenters. The molecule has 13 heteroatoms. The van der Waals surface area contributed by atoms with Gasteiger partial charge in [0.2, 0.25) is 0 Å². The highest BCUT2D eigenvalue weighted by atomic mass is 35.5. The molecule has 0 spiro atoms. The van der Waals surface area contributed by atoms with E-state index in [9.17, 15) is 14.4 Å². The van der Waals surface area contributed by atoms with Crippen molar-refractivity contribution >= 4 is 68.7 Å². The number of anilines is 3. The van der Waals surface area contributed by atoms with Crippen molar-refractivity contribution in [1.29, 1.82) is 5.26 Å². The average Bonchev–Trinajstić information content (AvgIpc) is 3.50. The lowest BCUT2D eigenvalue weighted by molar-refractivity contribution is 0.0827. The number of fused-ring (bicyclic) bond motifs is 1. The van der Waals surface area contributed by atoms with Crippen molar-refractivity contribution in [2.24, 2.45) is 0 Å². The maximum Gasteiger partial charge on any atom is 0.253 e. The minimum atomic E-state index is -0.772. The van der Waals surface area contributed by atoms with Gasteiger partial charge in [-0.05, 0) is 42.0 Å². The number of benzene rings is 3. The normalized spacial score (nSPS) is 11.6. The smallest absolute Gasteiger partial charge is 0.253 e. The molecule has 0 bridgehead atoms. The minimum absolute atomic E-state index is 0.0146. The van der Waals surface area contributed by atoms with Crippen LogP contribution in [0.3, 0.4) is 0 Å². The van der Waals surface area contributed by atoms with E-state index in [1.807, 2.05) is 6.07 Å². The fourth-order valence-electron chi connectivity index (χ4n) is 4.30. The van der Waals surface area contributed by atoms with Gasteiger partial charge in [0.15, 0.2) is 5.82 Å². The average molecular weight is 610 g/mol. The Morgan fingerprint density at radius 3 is 2.61 bits per heavy atom. The lowest BCUT2D eigenvalue weighted by atomic mass is 10.00. The first-order valence-corrected chi connectivity index (χ1v) is 13.2. The minimum Gasteiger partial charge on any atom is -0.371 e. The number of aromatic amines is 1. The van der Waals surface area contributed by atoms with Crippen LogP contribution in [0.5, 0.6) is 0 Å². The fourth-order valence-corrected chi connectivity index (χ4v) is 4.83. The molecular formula is C28H20Cl3FN8O. The van der Waals surface area contributed by atoms with Gasteiger partial charge in [0.25, 0.3) is 5.91 Å². The third-order valence-electron chi connectivity index (χ3n) is 6.25. The Morgan fingerprint density at radius 2 is 1.90 bits per heavy atom. The van der Waals surface area contributed by atoms with Crippen molar-refractivity contribution in [3.8, 4) is 6.07 Å². The second kappa shape index (κ2) is 11.6. The molecule has 0 fully saturated rings. The van der Waals surface area contributed by atoms with Gasteiger partial charge in [0.1, 0.15) is 11.8 Å². The monoisotopic (exact) mass is 608 g/mol. The molecule has 0 saturated heterocycles. The zero-order valence-electron chi connectivity index (χ0n) is 21.5. The fraction of sp³-hybridized carbons (Fsp3) is 0.107. The van der Waals surface area contributed by atoms with Gasteiger partial charge >= 0.3 is 0 Å². The third-order valence-corrected chi connectivity index (χ3v) is 7.25. The molecule has 41 heavy (non-hydrogen) atoms. The predicted molar refractivity (Wildman–Crippen MR) is 157 cm³/mol. The molecule has 206 valence electrons. The maximum atomic E-state index is 14.9. The van der Waals surface area contributed by atoms with Crippen molar-refractivity contribution in [3.63, 3.8) is 0 Å². The van der Waals surface area contributed by atoms with E-state index in [1.165, 1.54) is 23.2 Å². The molecule has 0 radical (unpaired) electrons. The number of amides is 1. The zero-order chi connectivity index (χ0) is 29.3. The number of carbonyl (C=O) groups excluding carboxylic acids is 1. The van der Waals surface area contributed by atoms with Crippen molar-refractivity contribution < 1.29 is 9.18 Å². The summed E-state index contributed by atoms with van der Waals surface area (Å²) < 4.78 is 14.9. The van der Waals surface area contributed by atoms with E-state index in [0.717, 1.165) is 5.56 Å². The quantitative estimate of drug-likeness (QED) is 0.170. The number of carbonyl (C=O) groups is 1. The van der Waals surface area contributed by atoms with E-state index in [4.69, 9.17) is 34.8 Å². The van der Waals surface area contributed by atoms with Crippen LogP contribution in [0.4, 0.5) is 21.5 Å². The van der Waals surface area contributed by atoms with E-state index in [-0.39, 0.29) is 32.9 Å². The number of halogens is 4. The Labute approximate surface area is 248 Å². The van der Waals surface area contributed by atoms with Gasteiger partial charge < -0.3 is 15.5 Å². The highest BCUT2D eigenvalue weighted by molar-refractivity contribution is 6.42. The van der Waals surface area contributed by atoms with Crippen molar-refractivity contribution in [1.82, 2.24) is 25.3 Å². The first-order chi connectivity index (χ1) is 19.7. The van der Waals surface area contributed by atoms with Crippen molar-refractivity contribution in [3.05, 3.63) is 104 Å². The summed E-state index contributed by atoms with van der Waals surface area (Å²) in [7, 11) is 3.36. The highest BCUT2D eigenvalue weighted by Gasteiger charge is 2.22. The molecule has 2 heterocycles. The molecule has 3 aromatic carbocycles. The summed E-state index contributed by atoms with van der Waals surface area (Å²) in [5, 5.41) is 27.6. The van der Waals surface area contributed by atoms with Gasteiger partial charge in [0, 0.05) is 36.3 Å². The van der Waals surface area contributed by atoms with Crippen LogP contribution < -0.4 is 10.6 Å². The molecule has 0 aliphatic carbocycles. The van der Waals surface area contributed by atoms with Crippen LogP contribution in [0.2, 0.25) is 15.1 Å². The molecular weight excluding hydrogens is 590 g/mol. The molecule has 0 aliphatic heterocycles. The first-order valence-electron chi connectivity index (χ1n) is 12.0. The summed E-state index contributed by atoms with van der Waals surface area (Å²) in [6.07, 6.45) is 2.94. The van der Waals surface area contributed by atoms with Gasteiger partial charge in [-0.1, -0.05) is 46.9 Å². The first kappa shape index (κ1) is 28.1. The Morgan fingerprint density at radius 1 is 1.10 bits per heavy atom. The number of rotatable bonds is 7. The maximum absolute atomic E-state index is 14.9. The summed E-state index contributed by atoms with van der Waals surface area (Å²) in [5.74, 6) is -0.929. The number of hydrogen-bond donors (Lipinski definition) is 3. The van der Waals surface area contributed by atoms with Crippen LogP contribution >= 0.6 is 34.8 Å². The number of nitriles is 1. The van der Waals surface area contributed by atoms with E-state index in [2.05, 4.69) is 37.1 Å². The Balaban J connectivity index is 1.64. The molecule has 9 nitrogen and oxygen atoms in total. The summed E-state index contributed by atoms with van der Waals surface area (Å²) in [6.45, 7) is 0. The zero-order valence-corrected chi connectivity index (χ0v) is 23.8. The Bertz CT molecular complexity index is 1820. The Kier molecular flexibility index (Phi) is 7.94. The molecule has 5 aromatic rings. The SMILES string of the molecule is CN(C)C(=O)c1cccc([C@H](Nc2cc(Cl)cc3c(Nc4ccc(Cl)c(Cl)c4F)c(C#N)cnc23)c2cn[nH]n2)c1. The second-order valence-corrected chi connectivity index (χ2v) is 10.4. The summed E-state index contributed by atoms with van der Waals surface area (Å²) >= 11 is 18.5. The van der Waals surface area contributed by atoms with Crippen LogP contribution in [0.15, 0.2) is 60.9 Å². The predicted octanol–water partition coefficient (Wildman–Crippen LogP) is 6.97. The molecule has 3 N–H and O–H groups in total. The van der Waals surface area contributed by atoms with Gasteiger partial charge in [-0.3, -0.25) is 9.78 Å². The Hall–Kier alpha value is -4.43. The standard InChI is InChI=1S/C28H20Cl3FN8O/c1-40(2)28(41)15-5-3-4-14(8-15)26(22-13-35-39-38-22)37-21-10-17(29)9-18-25(16(11-33)12-34-27(18)21)36-20-7-6-19(30)23(31)24(20)32/h3-10,12-13,26,37H,1-2H3,(H,34,36)(H,35,38,39)/t26-/m0/s1. The lowest BCUT2D eigenvalue weighted by Gasteiger charge is -2.21. The largest absolute Gasteiger partial charge is 0.371 e. The topological polar surface area (TPSA) is 123 Å². The summed E-state index contributed by atoms with van der Waals surface area (Å²) in [5.41, 5.74) is 3.13. The number of nitrogens with one attached hydrogen (secondary N) is 3.